The zero-order valence-electron chi connectivity index (χ0n) is 11.3. The molecule has 2 N–H and O–H groups in total. The number of hydrogen-bond donors (Lipinski definition) is 1. The summed E-state index contributed by atoms with van der Waals surface area (Å²) in [5.41, 5.74) is 6.90. The van der Waals surface area contributed by atoms with Gasteiger partial charge in [-0.25, -0.2) is 0 Å². The minimum Gasteiger partial charge on any atom is -0.393 e. The van der Waals surface area contributed by atoms with E-state index in [1.807, 2.05) is 6.07 Å². The predicted molar refractivity (Wildman–Crippen MR) is 81.6 cm³/mol. The van der Waals surface area contributed by atoms with Crippen LogP contribution in [0, 0.1) is 10.1 Å². The van der Waals surface area contributed by atoms with E-state index >= 15 is 0 Å². The molecule has 5 nitrogen and oxygen atoms in total. The first-order valence-corrected chi connectivity index (χ1v) is 7.25. The van der Waals surface area contributed by atoms with Crippen LogP contribution in [-0.2, 0) is 13.1 Å². The second-order valence-electron chi connectivity index (χ2n) is 4.53. The van der Waals surface area contributed by atoms with Crippen molar-refractivity contribution in [2.45, 2.75) is 20.0 Å². The highest BCUT2D eigenvalue weighted by Gasteiger charge is 2.12. The smallest absolute Gasteiger partial charge is 0.292 e. The van der Waals surface area contributed by atoms with Crippen LogP contribution < -0.4 is 5.73 Å². The Balaban J connectivity index is 2.07. The topological polar surface area (TPSA) is 72.4 Å². The van der Waals surface area contributed by atoms with E-state index in [0.717, 1.165) is 25.2 Å². The Labute approximate surface area is 121 Å². The van der Waals surface area contributed by atoms with Gasteiger partial charge in [0, 0.05) is 24.0 Å². The number of nitro benzene ring substituents is 1. The summed E-state index contributed by atoms with van der Waals surface area (Å²) < 4.78 is 0. The lowest BCUT2D eigenvalue weighted by Gasteiger charge is -2.19. The summed E-state index contributed by atoms with van der Waals surface area (Å²) in [7, 11) is 0. The highest BCUT2D eigenvalue weighted by atomic mass is 32.1. The average Bonchev–Trinajstić information content (AvgIpc) is 2.90. The van der Waals surface area contributed by atoms with Gasteiger partial charge in [0.2, 0.25) is 0 Å². The number of benzene rings is 1. The molecule has 0 spiro atoms. The van der Waals surface area contributed by atoms with Crippen LogP contribution >= 0.6 is 11.3 Å². The van der Waals surface area contributed by atoms with Crippen LogP contribution in [0.4, 0.5) is 11.4 Å². The Bertz CT molecular complexity index is 584. The third-order valence-corrected chi connectivity index (χ3v) is 3.96. The molecule has 0 atom stereocenters. The summed E-state index contributed by atoms with van der Waals surface area (Å²) in [5.74, 6) is 0. The summed E-state index contributed by atoms with van der Waals surface area (Å²) in [6, 6.07) is 9.08. The first-order chi connectivity index (χ1) is 9.60. The van der Waals surface area contributed by atoms with Gasteiger partial charge in [-0.15, -0.1) is 11.3 Å². The number of rotatable bonds is 6. The molecule has 1 aromatic carbocycles. The molecule has 0 amide bonds. The lowest BCUT2D eigenvalue weighted by molar-refractivity contribution is -0.383. The molecule has 0 bridgehead atoms. The minimum absolute atomic E-state index is 0.0324. The Morgan fingerprint density at radius 1 is 1.35 bits per heavy atom. The Morgan fingerprint density at radius 3 is 2.70 bits per heavy atom. The van der Waals surface area contributed by atoms with Crippen molar-refractivity contribution in [2.75, 3.05) is 12.3 Å². The van der Waals surface area contributed by atoms with E-state index in [2.05, 4.69) is 23.3 Å². The highest BCUT2D eigenvalue weighted by Crippen LogP contribution is 2.23. The zero-order valence-corrected chi connectivity index (χ0v) is 12.1. The first-order valence-electron chi connectivity index (χ1n) is 6.37. The predicted octanol–water partition coefficient (Wildman–Crippen LogP) is 3.26. The largest absolute Gasteiger partial charge is 0.393 e. The molecule has 0 radical (unpaired) electrons. The van der Waals surface area contributed by atoms with E-state index in [9.17, 15) is 10.1 Å². The molecule has 2 rings (SSSR count). The van der Waals surface area contributed by atoms with Gasteiger partial charge in [-0.3, -0.25) is 15.0 Å². The third kappa shape index (κ3) is 3.55. The molecule has 2 aromatic rings. The van der Waals surface area contributed by atoms with Gasteiger partial charge in [0.25, 0.3) is 5.69 Å². The summed E-state index contributed by atoms with van der Waals surface area (Å²) in [4.78, 5) is 13.9. The molecule has 0 aliphatic carbocycles. The molecule has 0 saturated heterocycles. The summed E-state index contributed by atoms with van der Waals surface area (Å²) in [6.07, 6.45) is 0. The van der Waals surface area contributed by atoms with Crippen LogP contribution in [0.2, 0.25) is 0 Å². The quantitative estimate of drug-likeness (QED) is 0.503. The molecule has 0 saturated carbocycles. The van der Waals surface area contributed by atoms with Crippen molar-refractivity contribution in [2.24, 2.45) is 0 Å². The SMILES string of the molecule is CCN(Cc1ccc([N+](=O)[O-])c(N)c1)Cc1cccs1. The van der Waals surface area contributed by atoms with Crippen molar-refractivity contribution in [3.8, 4) is 0 Å². The second kappa shape index (κ2) is 6.49. The van der Waals surface area contributed by atoms with Crippen LogP contribution in [0.25, 0.3) is 0 Å². The van der Waals surface area contributed by atoms with Crippen LogP contribution in [-0.4, -0.2) is 16.4 Å². The number of hydrogen-bond acceptors (Lipinski definition) is 5. The van der Waals surface area contributed by atoms with Crippen LogP contribution in [0.15, 0.2) is 35.7 Å². The first kappa shape index (κ1) is 14.5. The number of nitro groups is 1. The molecule has 0 aliphatic rings. The summed E-state index contributed by atoms with van der Waals surface area (Å²) >= 11 is 1.73. The van der Waals surface area contributed by atoms with E-state index < -0.39 is 4.92 Å². The zero-order chi connectivity index (χ0) is 14.5. The standard InChI is InChI=1S/C14H17N3O2S/c1-2-16(10-12-4-3-7-20-12)9-11-5-6-14(17(18)19)13(15)8-11/h3-8H,2,9-10,15H2,1H3. The van der Waals surface area contributed by atoms with Gasteiger partial charge >= 0.3 is 0 Å². The number of anilines is 1. The highest BCUT2D eigenvalue weighted by molar-refractivity contribution is 7.09. The number of nitrogens with zero attached hydrogens (tertiary/aromatic N) is 2. The maximum atomic E-state index is 10.7. The van der Waals surface area contributed by atoms with Crippen molar-refractivity contribution in [3.05, 3.63) is 56.3 Å². The Kier molecular flexibility index (Phi) is 4.70. The minimum atomic E-state index is -0.456. The van der Waals surface area contributed by atoms with E-state index in [4.69, 9.17) is 5.73 Å². The van der Waals surface area contributed by atoms with Crippen molar-refractivity contribution in [1.82, 2.24) is 4.90 Å². The fourth-order valence-corrected chi connectivity index (χ4v) is 2.78. The maximum absolute atomic E-state index is 10.7. The lowest BCUT2D eigenvalue weighted by atomic mass is 10.1. The van der Waals surface area contributed by atoms with Gasteiger partial charge in [0.15, 0.2) is 0 Å². The number of nitrogens with two attached hydrogens (primary N) is 1. The molecule has 0 aliphatic heterocycles. The van der Waals surface area contributed by atoms with Gasteiger partial charge in [0.05, 0.1) is 4.92 Å². The van der Waals surface area contributed by atoms with Gasteiger partial charge in [-0.05, 0) is 29.6 Å². The fourth-order valence-electron chi connectivity index (χ4n) is 2.03. The third-order valence-electron chi connectivity index (χ3n) is 3.10. The molecular formula is C14H17N3O2S. The monoisotopic (exact) mass is 291 g/mol. The molecule has 1 heterocycles. The van der Waals surface area contributed by atoms with Crippen LogP contribution in [0.1, 0.15) is 17.4 Å². The number of nitrogen functional groups attached to an aromatic ring is 1. The van der Waals surface area contributed by atoms with Gasteiger partial charge in [-0.1, -0.05) is 19.1 Å². The molecule has 20 heavy (non-hydrogen) atoms. The van der Waals surface area contributed by atoms with Gasteiger partial charge in [0.1, 0.15) is 5.69 Å². The van der Waals surface area contributed by atoms with Crippen molar-refractivity contribution in [1.29, 1.82) is 0 Å². The average molecular weight is 291 g/mol. The van der Waals surface area contributed by atoms with Crippen molar-refractivity contribution in [3.63, 3.8) is 0 Å². The molecular weight excluding hydrogens is 274 g/mol. The van der Waals surface area contributed by atoms with Crippen molar-refractivity contribution < 1.29 is 4.92 Å². The molecule has 0 fully saturated rings. The molecule has 6 heteroatoms. The summed E-state index contributed by atoms with van der Waals surface area (Å²) in [5, 5.41) is 12.8. The second-order valence-corrected chi connectivity index (χ2v) is 5.57. The van der Waals surface area contributed by atoms with E-state index in [-0.39, 0.29) is 11.4 Å². The van der Waals surface area contributed by atoms with Crippen molar-refractivity contribution >= 4 is 22.7 Å². The molecule has 106 valence electrons. The van der Waals surface area contributed by atoms with Gasteiger partial charge in [-0.2, -0.15) is 0 Å². The summed E-state index contributed by atoms with van der Waals surface area (Å²) in [6.45, 7) is 4.62. The van der Waals surface area contributed by atoms with E-state index in [1.165, 1.54) is 10.9 Å². The lowest BCUT2D eigenvalue weighted by Crippen LogP contribution is -2.21. The molecule has 1 aromatic heterocycles. The number of thiophene rings is 1. The maximum Gasteiger partial charge on any atom is 0.292 e. The fraction of sp³-hybridized carbons (Fsp3) is 0.286. The van der Waals surface area contributed by atoms with E-state index in [1.54, 1.807) is 23.5 Å². The van der Waals surface area contributed by atoms with Gasteiger partial charge < -0.3 is 5.73 Å². The normalized spacial score (nSPS) is 10.9. The van der Waals surface area contributed by atoms with Crippen LogP contribution in [0.3, 0.4) is 0 Å². The Hall–Kier alpha value is -1.92. The van der Waals surface area contributed by atoms with E-state index in [0.29, 0.717) is 0 Å². The molecule has 0 unspecified atom stereocenters. The van der Waals surface area contributed by atoms with Crippen LogP contribution in [0.5, 0.6) is 0 Å². The Morgan fingerprint density at radius 2 is 2.15 bits per heavy atom.